The molecule has 7 rings (SSSR count). The molecule has 0 fully saturated rings. The number of aromatic nitrogens is 6. The van der Waals surface area contributed by atoms with Gasteiger partial charge in [-0.15, -0.1) is 0 Å². The average molecular weight is 463 g/mol. The fourth-order valence-electron chi connectivity index (χ4n) is 4.77. The zero-order chi connectivity index (χ0) is 23.9. The number of nitrogens with zero attached hydrogens (tertiary/aromatic N) is 6. The van der Waals surface area contributed by atoms with Gasteiger partial charge in [0.25, 0.3) is 0 Å². The van der Waals surface area contributed by atoms with Gasteiger partial charge in [-0.05, 0) is 45.8 Å². The first-order valence-corrected chi connectivity index (χ1v) is 11.6. The summed E-state index contributed by atoms with van der Waals surface area (Å²) in [6, 6.07) is 26.2. The molecule has 0 saturated carbocycles. The summed E-state index contributed by atoms with van der Waals surface area (Å²) >= 11 is 0. The first kappa shape index (κ1) is 20.3. The summed E-state index contributed by atoms with van der Waals surface area (Å²) < 4.78 is 0. The van der Waals surface area contributed by atoms with Gasteiger partial charge in [0.1, 0.15) is 0 Å². The molecule has 168 valence electrons. The standard InChI is InChI=1S/C30H18N6/c1-4-10-25-20(7-1)18-35-28(36-25)19-11-12-23-24(17-19)27(30-33-15-6-16-34-30)22-9-3-2-8-21(22)26(23)29-31-13-5-14-32-29/h1-18H. The van der Waals surface area contributed by atoms with E-state index in [0.29, 0.717) is 17.5 Å². The summed E-state index contributed by atoms with van der Waals surface area (Å²) in [6.07, 6.45) is 8.95. The fraction of sp³-hybridized carbons (Fsp3) is 0. The van der Waals surface area contributed by atoms with Crippen molar-refractivity contribution in [1.82, 2.24) is 29.9 Å². The van der Waals surface area contributed by atoms with Crippen LogP contribution in [-0.4, -0.2) is 29.9 Å². The minimum Gasteiger partial charge on any atom is -0.237 e. The van der Waals surface area contributed by atoms with E-state index < -0.39 is 0 Å². The fourth-order valence-corrected chi connectivity index (χ4v) is 4.77. The van der Waals surface area contributed by atoms with Gasteiger partial charge < -0.3 is 0 Å². The highest BCUT2D eigenvalue weighted by Crippen LogP contribution is 2.42. The van der Waals surface area contributed by atoms with Crippen LogP contribution in [0.3, 0.4) is 0 Å². The molecule has 0 aliphatic rings. The normalized spacial score (nSPS) is 11.3. The zero-order valence-corrected chi connectivity index (χ0v) is 19.1. The lowest BCUT2D eigenvalue weighted by Gasteiger charge is -2.16. The Morgan fingerprint density at radius 2 is 1.03 bits per heavy atom. The molecule has 4 aromatic carbocycles. The van der Waals surface area contributed by atoms with E-state index in [4.69, 9.17) is 4.98 Å². The lowest BCUT2D eigenvalue weighted by molar-refractivity contribution is 1.18. The molecule has 6 nitrogen and oxygen atoms in total. The van der Waals surface area contributed by atoms with Crippen molar-refractivity contribution in [3.05, 3.63) is 110 Å². The predicted octanol–water partition coefficient (Wildman–Crippen LogP) is 6.52. The molecule has 0 bridgehead atoms. The second-order valence-corrected chi connectivity index (χ2v) is 8.45. The van der Waals surface area contributed by atoms with E-state index in [9.17, 15) is 0 Å². The number of para-hydroxylation sites is 1. The maximum absolute atomic E-state index is 4.83. The predicted molar refractivity (Wildman–Crippen MR) is 142 cm³/mol. The Balaban J connectivity index is 1.60. The maximum Gasteiger partial charge on any atom is 0.160 e. The van der Waals surface area contributed by atoms with E-state index in [1.165, 1.54) is 0 Å². The Bertz CT molecular complexity index is 1890. The van der Waals surface area contributed by atoms with Crippen LogP contribution in [-0.2, 0) is 0 Å². The Kier molecular flexibility index (Phi) is 4.67. The van der Waals surface area contributed by atoms with Crippen molar-refractivity contribution in [3.63, 3.8) is 0 Å². The van der Waals surface area contributed by atoms with E-state index in [2.05, 4.69) is 55.3 Å². The van der Waals surface area contributed by atoms with Crippen LogP contribution in [0.5, 0.6) is 0 Å². The van der Waals surface area contributed by atoms with Gasteiger partial charge in [-0.1, -0.05) is 54.6 Å². The van der Waals surface area contributed by atoms with Gasteiger partial charge in [-0.25, -0.2) is 29.9 Å². The number of benzene rings is 4. The lowest BCUT2D eigenvalue weighted by Crippen LogP contribution is -1.97. The summed E-state index contributed by atoms with van der Waals surface area (Å²) in [5.74, 6) is 2.01. The third-order valence-corrected chi connectivity index (χ3v) is 6.35. The average Bonchev–Trinajstić information content (AvgIpc) is 2.96. The number of hydrogen-bond donors (Lipinski definition) is 0. The van der Waals surface area contributed by atoms with Gasteiger partial charge >= 0.3 is 0 Å². The van der Waals surface area contributed by atoms with E-state index in [-0.39, 0.29) is 0 Å². The SMILES string of the molecule is c1cnc(-c2c3ccccc3c(-c3ncccn3)c3cc(-c4ncc5ccccc5n4)ccc23)nc1. The molecule has 0 aliphatic heterocycles. The van der Waals surface area contributed by atoms with Gasteiger partial charge in [0.15, 0.2) is 17.5 Å². The van der Waals surface area contributed by atoms with Crippen LogP contribution in [0.4, 0.5) is 0 Å². The van der Waals surface area contributed by atoms with Crippen LogP contribution in [0.25, 0.3) is 66.6 Å². The molecule has 6 heteroatoms. The summed E-state index contributed by atoms with van der Waals surface area (Å²) in [6.45, 7) is 0. The monoisotopic (exact) mass is 462 g/mol. The second-order valence-electron chi connectivity index (χ2n) is 8.45. The number of fused-ring (bicyclic) bond motifs is 3. The maximum atomic E-state index is 4.83. The van der Waals surface area contributed by atoms with Crippen molar-refractivity contribution in [2.75, 3.05) is 0 Å². The Morgan fingerprint density at radius 3 is 1.72 bits per heavy atom. The second kappa shape index (κ2) is 8.29. The minimum atomic E-state index is 0.663. The quantitative estimate of drug-likeness (QED) is 0.278. The molecule has 0 N–H and O–H groups in total. The summed E-state index contributed by atoms with van der Waals surface area (Å²) in [5, 5.41) is 5.11. The molecule has 0 amide bonds. The molecule has 3 aromatic heterocycles. The van der Waals surface area contributed by atoms with Crippen molar-refractivity contribution < 1.29 is 0 Å². The molecule has 0 atom stereocenters. The van der Waals surface area contributed by atoms with Gasteiger partial charge in [-0.3, -0.25) is 0 Å². The Morgan fingerprint density at radius 1 is 0.444 bits per heavy atom. The molecule has 36 heavy (non-hydrogen) atoms. The molecular formula is C30H18N6. The van der Waals surface area contributed by atoms with Gasteiger partial charge in [0.05, 0.1) is 5.52 Å². The number of hydrogen-bond acceptors (Lipinski definition) is 6. The zero-order valence-electron chi connectivity index (χ0n) is 19.1. The van der Waals surface area contributed by atoms with E-state index in [0.717, 1.165) is 49.1 Å². The third-order valence-electron chi connectivity index (χ3n) is 6.35. The first-order valence-electron chi connectivity index (χ1n) is 11.6. The van der Waals surface area contributed by atoms with Gasteiger partial charge in [0, 0.05) is 53.1 Å². The Hall–Kier alpha value is -5.10. The summed E-state index contributed by atoms with van der Waals surface area (Å²) in [5.41, 5.74) is 3.77. The topological polar surface area (TPSA) is 77.3 Å². The third kappa shape index (κ3) is 3.27. The molecule has 0 saturated heterocycles. The van der Waals surface area contributed by atoms with Crippen LogP contribution < -0.4 is 0 Å². The minimum absolute atomic E-state index is 0.663. The van der Waals surface area contributed by atoms with Crippen molar-refractivity contribution in [2.24, 2.45) is 0 Å². The lowest BCUT2D eigenvalue weighted by atomic mass is 9.89. The number of rotatable bonds is 3. The van der Waals surface area contributed by atoms with Crippen LogP contribution in [0.15, 0.2) is 110 Å². The summed E-state index contributed by atoms with van der Waals surface area (Å²) in [7, 11) is 0. The van der Waals surface area contributed by atoms with Crippen LogP contribution in [0.1, 0.15) is 0 Å². The van der Waals surface area contributed by atoms with Crippen molar-refractivity contribution in [2.45, 2.75) is 0 Å². The molecular weight excluding hydrogens is 444 g/mol. The van der Waals surface area contributed by atoms with Crippen molar-refractivity contribution >= 4 is 32.4 Å². The van der Waals surface area contributed by atoms with Crippen LogP contribution >= 0.6 is 0 Å². The van der Waals surface area contributed by atoms with E-state index in [1.54, 1.807) is 24.8 Å². The highest BCUT2D eigenvalue weighted by Gasteiger charge is 2.20. The highest BCUT2D eigenvalue weighted by atomic mass is 14.9. The van der Waals surface area contributed by atoms with E-state index >= 15 is 0 Å². The molecule has 3 heterocycles. The van der Waals surface area contributed by atoms with Crippen LogP contribution in [0.2, 0.25) is 0 Å². The van der Waals surface area contributed by atoms with Gasteiger partial charge in [0.2, 0.25) is 0 Å². The molecule has 0 radical (unpaired) electrons. The molecule has 0 unspecified atom stereocenters. The highest BCUT2D eigenvalue weighted by molar-refractivity contribution is 6.20. The van der Waals surface area contributed by atoms with Crippen molar-refractivity contribution in [1.29, 1.82) is 0 Å². The van der Waals surface area contributed by atoms with E-state index in [1.807, 2.05) is 54.7 Å². The Labute approximate surface area is 206 Å². The molecule has 0 aliphatic carbocycles. The summed E-state index contributed by atoms with van der Waals surface area (Å²) in [4.78, 5) is 27.9. The molecule has 7 aromatic rings. The van der Waals surface area contributed by atoms with Crippen molar-refractivity contribution in [3.8, 4) is 34.2 Å². The largest absolute Gasteiger partial charge is 0.237 e. The van der Waals surface area contributed by atoms with Crippen LogP contribution in [0, 0.1) is 0 Å². The van der Waals surface area contributed by atoms with Gasteiger partial charge in [-0.2, -0.15) is 0 Å². The molecule has 0 spiro atoms. The smallest absolute Gasteiger partial charge is 0.160 e. The first-order chi connectivity index (χ1) is 17.9.